The number of nitrogens with one attached hydrogen (secondary N) is 1. The first-order chi connectivity index (χ1) is 10.0. The molecule has 0 saturated carbocycles. The molecule has 0 atom stereocenters. The van der Waals surface area contributed by atoms with Crippen LogP contribution in [-0.2, 0) is 0 Å². The normalized spacial score (nSPS) is 12.3. The number of carbonyl (C=O) groups excluding carboxylic acids is 1. The molecule has 0 aromatic heterocycles. The van der Waals surface area contributed by atoms with Crippen molar-refractivity contribution in [3.8, 4) is 11.5 Å². The lowest BCUT2D eigenvalue weighted by Crippen LogP contribution is -2.14. The topological polar surface area (TPSA) is 73.6 Å². The highest BCUT2D eigenvalue weighted by Crippen LogP contribution is 2.36. The summed E-state index contributed by atoms with van der Waals surface area (Å²) in [6.45, 7) is 0.123. The van der Waals surface area contributed by atoms with Crippen LogP contribution in [0.25, 0.3) is 0 Å². The SMILES string of the molecule is Nc1cc2c(cc1C(=O)Nc1ccc(Br)cc1Cl)OCO2. The first-order valence-electron chi connectivity index (χ1n) is 6.00. The number of hydrogen-bond acceptors (Lipinski definition) is 4. The van der Waals surface area contributed by atoms with Crippen LogP contribution < -0.4 is 20.5 Å². The van der Waals surface area contributed by atoms with E-state index >= 15 is 0 Å². The van der Waals surface area contributed by atoms with E-state index in [1.54, 1.807) is 30.3 Å². The minimum atomic E-state index is -0.366. The first kappa shape index (κ1) is 14.0. The fraction of sp³-hybridized carbons (Fsp3) is 0.0714. The van der Waals surface area contributed by atoms with E-state index in [1.807, 2.05) is 0 Å². The zero-order valence-corrected chi connectivity index (χ0v) is 13.0. The van der Waals surface area contributed by atoms with Gasteiger partial charge in [-0.05, 0) is 24.3 Å². The number of carbonyl (C=O) groups is 1. The molecule has 1 heterocycles. The van der Waals surface area contributed by atoms with Crippen LogP contribution in [0, 0.1) is 0 Å². The van der Waals surface area contributed by atoms with Gasteiger partial charge in [0.05, 0.1) is 16.3 Å². The molecular weight excluding hydrogens is 360 g/mol. The number of nitrogens with two attached hydrogens (primary N) is 1. The molecule has 7 heteroatoms. The fourth-order valence-corrected chi connectivity index (χ4v) is 2.66. The Balaban J connectivity index is 1.89. The van der Waals surface area contributed by atoms with Gasteiger partial charge in [-0.25, -0.2) is 0 Å². The van der Waals surface area contributed by atoms with E-state index in [0.717, 1.165) is 4.47 Å². The third-order valence-corrected chi connectivity index (χ3v) is 3.77. The van der Waals surface area contributed by atoms with Crippen molar-refractivity contribution >= 4 is 44.8 Å². The summed E-state index contributed by atoms with van der Waals surface area (Å²) in [4.78, 5) is 12.3. The smallest absolute Gasteiger partial charge is 0.257 e. The van der Waals surface area contributed by atoms with E-state index in [1.165, 1.54) is 0 Å². The molecule has 1 amide bonds. The largest absolute Gasteiger partial charge is 0.454 e. The number of ether oxygens (including phenoxy) is 2. The minimum absolute atomic E-state index is 0.123. The zero-order chi connectivity index (χ0) is 15.0. The van der Waals surface area contributed by atoms with Crippen LogP contribution in [0.15, 0.2) is 34.8 Å². The molecule has 0 saturated heterocycles. The maximum absolute atomic E-state index is 12.3. The lowest BCUT2D eigenvalue weighted by Gasteiger charge is -2.10. The highest BCUT2D eigenvalue weighted by atomic mass is 79.9. The number of rotatable bonds is 2. The predicted octanol–water partition coefficient (Wildman–Crippen LogP) is 3.67. The van der Waals surface area contributed by atoms with Crippen LogP contribution in [-0.4, -0.2) is 12.7 Å². The van der Waals surface area contributed by atoms with Gasteiger partial charge in [-0.15, -0.1) is 0 Å². The standard InChI is InChI=1S/C14H10BrClN2O3/c15-7-1-2-11(9(16)3-7)18-14(19)8-4-12-13(5-10(8)17)21-6-20-12/h1-5H,6,17H2,(H,18,19). The molecule has 21 heavy (non-hydrogen) atoms. The molecule has 0 bridgehead atoms. The van der Waals surface area contributed by atoms with Crippen LogP contribution in [0.4, 0.5) is 11.4 Å². The average Bonchev–Trinajstić information content (AvgIpc) is 2.88. The quantitative estimate of drug-likeness (QED) is 0.792. The van der Waals surface area contributed by atoms with Gasteiger partial charge in [0.15, 0.2) is 11.5 Å². The second kappa shape index (κ2) is 5.46. The molecule has 3 N–H and O–H groups in total. The van der Waals surface area contributed by atoms with Crippen molar-refractivity contribution in [3.05, 3.63) is 45.4 Å². The molecule has 0 fully saturated rings. The molecular formula is C14H10BrClN2O3. The summed E-state index contributed by atoms with van der Waals surface area (Å²) < 4.78 is 11.3. The molecule has 1 aliphatic heterocycles. The van der Waals surface area contributed by atoms with Gasteiger partial charge in [-0.1, -0.05) is 27.5 Å². The van der Waals surface area contributed by atoms with Crippen molar-refractivity contribution < 1.29 is 14.3 Å². The summed E-state index contributed by atoms with van der Waals surface area (Å²) in [7, 11) is 0. The second-order valence-corrected chi connectivity index (χ2v) is 5.69. The van der Waals surface area contributed by atoms with E-state index < -0.39 is 0 Å². The fourth-order valence-electron chi connectivity index (χ4n) is 1.93. The van der Waals surface area contributed by atoms with E-state index in [2.05, 4.69) is 21.2 Å². The Hall–Kier alpha value is -1.92. The maximum Gasteiger partial charge on any atom is 0.257 e. The number of amides is 1. The summed E-state index contributed by atoms with van der Waals surface area (Å²) in [5.41, 5.74) is 6.99. The maximum atomic E-state index is 12.3. The van der Waals surface area contributed by atoms with E-state index in [-0.39, 0.29) is 12.7 Å². The Morgan fingerprint density at radius 2 is 1.95 bits per heavy atom. The van der Waals surface area contributed by atoms with Gasteiger partial charge in [0.25, 0.3) is 5.91 Å². The summed E-state index contributed by atoms with van der Waals surface area (Å²) >= 11 is 9.38. The summed E-state index contributed by atoms with van der Waals surface area (Å²) in [6.07, 6.45) is 0. The van der Waals surface area contributed by atoms with Gasteiger partial charge in [0.2, 0.25) is 6.79 Å². The Morgan fingerprint density at radius 1 is 1.24 bits per heavy atom. The molecule has 2 aromatic rings. The molecule has 2 aromatic carbocycles. The van der Waals surface area contributed by atoms with E-state index in [4.69, 9.17) is 26.8 Å². The number of halogens is 2. The number of benzene rings is 2. The lowest BCUT2D eigenvalue weighted by atomic mass is 10.1. The second-order valence-electron chi connectivity index (χ2n) is 4.37. The molecule has 0 radical (unpaired) electrons. The van der Waals surface area contributed by atoms with Crippen LogP contribution in [0.1, 0.15) is 10.4 Å². The van der Waals surface area contributed by atoms with Crippen LogP contribution in [0.3, 0.4) is 0 Å². The molecule has 0 aliphatic carbocycles. The molecule has 5 nitrogen and oxygen atoms in total. The van der Waals surface area contributed by atoms with Crippen molar-refractivity contribution in [3.63, 3.8) is 0 Å². The van der Waals surface area contributed by atoms with Crippen molar-refractivity contribution in [2.45, 2.75) is 0 Å². The Bertz CT molecular complexity index is 736. The lowest BCUT2D eigenvalue weighted by molar-refractivity contribution is 0.102. The van der Waals surface area contributed by atoms with E-state index in [9.17, 15) is 4.79 Å². The number of nitrogen functional groups attached to an aromatic ring is 1. The van der Waals surface area contributed by atoms with Crippen molar-refractivity contribution in [1.29, 1.82) is 0 Å². The van der Waals surface area contributed by atoms with Crippen molar-refractivity contribution in [2.24, 2.45) is 0 Å². The number of fused-ring (bicyclic) bond motifs is 1. The zero-order valence-electron chi connectivity index (χ0n) is 10.7. The molecule has 108 valence electrons. The average molecular weight is 370 g/mol. The Labute approximate surface area is 134 Å². The van der Waals surface area contributed by atoms with Crippen LogP contribution in [0.5, 0.6) is 11.5 Å². The van der Waals surface area contributed by atoms with Crippen molar-refractivity contribution in [2.75, 3.05) is 17.8 Å². The third kappa shape index (κ3) is 2.77. The number of anilines is 2. The minimum Gasteiger partial charge on any atom is -0.454 e. The number of hydrogen-bond donors (Lipinski definition) is 2. The summed E-state index contributed by atoms with van der Waals surface area (Å²) in [5.74, 6) is 0.664. The van der Waals surface area contributed by atoms with Crippen LogP contribution in [0.2, 0.25) is 5.02 Å². The molecule has 1 aliphatic rings. The van der Waals surface area contributed by atoms with Gasteiger partial charge < -0.3 is 20.5 Å². The monoisotopic (exact) mass is 368 g/mol. The highest BCUT2D eigenvalue weighted by Gasteiger charge is 2.20. The molecule has 0 spiro atoms. The van der Waals surface area contributed by atoms with E-state index in [0.29, 0.717) is 33.5 Å². The van der Waals surface area contributed by atoms with Gasteiger partial charge in [0, 0.05) is 16.2 Å². The van der Waals surface area contributed by atoms with Gasteiger partial charge in [-0.2, -0.15) is 0 Å². The van der Waals surface area contributed by atoms with Gasteiger partial charge in [-0.3, -0.25) is 4.79 Å². The Morgan fingerprint density at radius 3 is 2.67 bits per heavy atom. The highest BCUT2D eigenvalue weighted by molar-refractivity contribution is 9.10. The van der Waals surface area contributed by atoms with Gasteiger partial charge >= 0.3 is 0 Å². The Kier molecular flexibility index (Phi) is 3.65. The first-order valence-corrected chi connectivity index (χ1v) is 7.17. The summed E-state index contributed by atoms with van der Waals surface area (Å²) in [5, 5.41) is 3.15. The molecule has 0 unspecified atom stereocenters. The molecule has 3 rings (SSSR count). The third-order valence-electron chi connectivity index (χ3n) is 2.97. The van der Waals surface area contributed by atoms with Crippen molar-refractivity contribution in [1.82, 2.24) is 0 Å². The van der Waals surface area contributed by atoms with Gasteiger partial charge in [0.1, 0.15) is 0 Å². The van der Waals surface area contributed by atoms with Crippen LogP contribution >= 0.6 is 27.5 Å². The predicted molar refractivity (Wildman–Crippen MR) is 84.1 cm³/mol. The summed E-state index contributed by atoms with van der Waals surface area (Å²) in [6, 6.07) is 8.30.